The Labute approximate surface area is 199 Å². The third-order valence-electron chi connectivity index (χ3n) is 5.59. The molecule has 3 aromatic carbocycles. The van der Waals surface area contributed by atoms with E-state index in [2.05, 4.69) is 10.1 Å². The molecule has 6 rings (SSSR count). The zero-order valence-electron chi connectivity index (χ0n) is 18.3. The zero-order chi connectivity index (χ0) is 23.8. The molecule has 0 atom stereocenters. The molecule has 0 radical (unpaired) electrons. The highest BCUT2D eigenvalue weighted by atomic mass is 16.6. The Morgan fingerprint density at radius 3 is 2.34 bits per heavy atom. The molecule has 5 aromatic rings. The predicted molar refractivity (Wildman–Crippen MR) is 132 cm³/mol. The number of hydrogen-bond acceptors (Lipinski definition) is 6. The number of hydrogen-bond donors (Lipinski definition) is 0. The van der Waals surface area contributed by atoms with Crippen LogP contribution in [0.5, 0.6) is 0 Å². The van der Waals surface area contributed by atoms with Gasteiger partial charge in [0.1, 0.15) is 11.3 Å². The topological polar surface area (TPSA) is 86.7 Å². The predicted octanol–water partition coefficient (Wildman–Crippen LogP) is 4.99. The zero-order valence-corrected chi connectivity index (χ0v) is 18.3. The number of esters is 1. The number of para-hydroxylation sites is 2. The highest BCUT2D eigenvalue weighted by Gasteiger charge is 2.25. The van der Waals surface area contributed by atoms with E-state index in [1.54, 1.807) is 35.2 Å². The van der Waals surface area contributed by atoms with Gasteiger partial charge < -0.3 is 9.15 Å². The van der Waals surface area contributed by atoms with Gasteiger partial charge in [-0.2, -0.15) is 5.10 Å². The number of fused-ring (bicyclic) bond motifs is 1. The fourth-order valence-corrected chi connectivity index (χ4v) is 3.90. The molecule has 0 unspecified atom stereocenters. The fraction of sp³-hybridized carbons (Fsp3) is 0. The van der Waals surface area contributed by atoms with Crippen molar-refractivity contribution in [3.8, 4) is 16.9 Å². The summed E-state index contributed by atoms with van der Waals surface area (Å²) in [7, 11) is 0. The van der Waals surface area contributed by atoms with Crippen LogP contribution in [0.25, 0.3) is 34.0 Å². The van der Waals surface area contributed by atoms with Gasteiger partial charge >= 0.3 is 11.6 Å². The molecule has 0 saturated heterocycles. The van der Waals surface area contributed by atoms with Crippen molar-refractivity contribution in [3.63, 3.8) is 0 Å². The van der Waals surface area contributed by atoms with Crippen molar-refractivity contribution in [2.45, 2.75) is 0 Å². The summed E-state index contributed by atoms with van der Waals surface area (Å²) in [5.74, 6) is -0.350. The highest BCUT2D eigenvalue weighted by molar-refractivity contribution is 6.13. The van der Waals surface area contributed by atoms with Crippen LogP contribution in [0.4, 0.5) is 0 Å². The van der Waals surface area contributed by atoms with E-state index >= 15 is 0 Å². The number of carbonyl (C=O) groups is 1. The molecule has 0 amide bonds. The molecule has 0 aliphatic carbocycles. The number of ether oxygens (including phenoxy) is 1. The summed E-state index contributed by atoms with van der Waals surface area (Å²) in [6.07, 6.45) is 3.32. The maximum Gasteiger partial charge on any atom is 0.363 e. The van der Waals surface area contributed by atoms with Crippen LogP contribution in [0.2, 0.25) is 0 Å². The summed E-state index contributed by atoms with van der Waals surface area (Å²) >= 11 is 0. The number of cyclic esters (lactones) is 1. The fourth-order valence-electron chi connectivity index (χ4n) is 3.90. The normalized spacial score (nSPS) is 14.3. The van der Waals surface area contributed by atoms with Crippen LogP contribution < -0.4 is 5.63 Å². The van der Waals surface area contributed by atoms with Crippen molar-refractivity contribution < 1.29 is 13.9 Å². The number of rotatable bonds is 4. The Morgan fingerprint density at radius 1 is 0.829 bits per heavy atom. The van der Waals surface area contributed by atoms with Gasteiger partial charge in [-0.3, -0.25) is 0 Å². The molecular formula is C28H17N3O4. The van der Waals surface area contributed by atoms with Gasteiger partial charge in [0.25, 0.3) is 0 Å². The molecule has 7 nitrogen and oxygen atoms in total. The number of nitrogens with zero attached hydrogens (tertiary/aromatic N) is 3. The molecular weight excluding hydrogens is 442 g/mol. The molecule has 0 spiro atoms. The van der Waals surface area contributed by atoms with Crippen LogP contribution in [-0.2, 0) is 9.53 Å². The van der Waals surface area contributed by atoms with Gasteiger partial charge in [0.2, 0.25) is 5.90 Å². The Morgan fingerprint density at radius 2 is 1.54 bits per heavy atom. The average Bonchev–Trinajstić information content (AvgIpc) is 3.48. The quantitative estimate of drug-likeness (QED) is 0.215. The second kappa shape index (κ2) is 8.39. The van der Waals surface area contributed by atoms with Crippen LogP contribution in [0.15, 0.2) is 117 Å². The van der Waals surface area contributed by atoms with E-state index < -0.39 is 11.6 Å². The second-order valence-electron chi connectivity index (χ2n) is 7.90. The molecule has 0 N–H and O–H groups in total. The van der Waals surface area contributed by atoms with Gasteiger partial charge in [0.05, 0.1) is 11.3 Å². The first-order chi connectivity index (χ1) is 17.2. The summed E-state index contributed by atoms with van der Waals surface area (Å²) in [6.45, 7) is 0. The summed E-state index contributed by atoms with van der Waals surface area (Å²) in [5.41, 5.74) is 2.75. The number of carbonyl (C=O) groups excluding carboxylic acids is 1. The first-order valence-electron chi connectivity index (χ1n) is 10.9. The number of aliphatic imine (C=N–C) groups is 1. The van der Waals surface area contributed by atoms with E-state index in [4.69, 9.17) is 9.15 Å². The van der Waals surface area contributed by atoms with Crippen LogP contribution in [0.3, 0.4) is 0 Å². The lowest BCUT2D eigenvalue weighted by Crippen LogP contribution is -2.05. The second-order valence-corrected chi connectivity index (χ2v) is 7.90. The van der Waals surface area contributed by atoms with Crippen LogP contribution >= 0.6 is 0 Å². The van der Waals surface area contributed by atoms with Crippen molar-refractivity contribution >= 4 is 28.9 Å². The summed E-state index contributed by atoms with van der Waals surface area (Å²) in [5, 5.41) is 5.44. The summed E-state index contributed by atoms with van der Waals surface area (Å²) in [4.78, 5) is 29.9. The Hall–Kier alpha value is -5.04. The van der Waals surface area contributed by atoms with Gasteiger partial charge in [0, 0.05) is 22.7 Å². The lowest BCUT2D eigenvalue weighted by Gasteiger charge is -2.01. The number of aromatic nitrogens is 2. The van der Waals surface area contributed by atoms with Crippen molar-refractivity contribution in [2.24, 2.45) is 4.99 Å². The lowest BCUT2D eigenvalue weighted by atomic mass is 10.1. The summed E-state index contributed by atoms with van der Waals surface area (Å²) in [6, 6.07) is 27.7. The molecule has 35 heavy (non-hydrogen) atoms. The molecule has 0 saturated carbocycles. The molecule has 0 bridgehead atoms. The highest BCUT2D eigenvalue weighted by Crippen LogP contribution is 2.28. The first-order valence-corrected chi connectivity index (χ1v) is 10.9. The van der Waals surface area contributed by atoms with E-state index in [0.29, 0.717) is 22.4 Å². The Kier molecular flexibility index (Phi) is 4.93. The van der Waals surface area contributed by atoms with E-state index in [-0.39, 0.29) is 17.2 Å². The molecule has 7 heteroatoms. The monoisotopic (exact) mass is 459 g/mol. The molecule has 168 valence electrons. The van der Waals surface area contributed by atoms with E-state index in [0.717, 1.165) is 11.1 Å². The Balaban J connectivity index is 1.52. The standard InChI is InChI=1S/C28H17N3O4/c32-27-22(15-19-11-7-8-14-24(19)34-27)25-20(17-31(30-25)21-12-5-2-6-13-21)16-23-28(33)35-26(29-23)18-9-3-1-4-10-18/h1-17H. The van der Waals surface area contributed by atoms with Crippen LogP contribution in [0, 0.1) is 0 Å². The van der Waals surface area contributed by atoms with Gasteiger partial charge in [-0.05, 0) is 42.5 Å². The van der Waals surface area contributed by atoms with Crippen LogP contribution in [-0.4, -0.2) is 21.6 Å². The van der Waals surface area contributed by atoms with Crippen molar-refractivity contribution in [1.29, 1.82) is 0 Å². The van der Waals surface area contributed by atoms with Crippen molar-refractivity contribution in [1.82, 2.24) is 9.78 Å². The smallest absolute Gasteiger partial charge is 0.363 e. The average molecular weight is 459 g/mol. The molecule has 3 heterocycles. The maximum atomic E-state index is 12.9. The third kappa shape index (κ3) is 3.85. The lowest BCUT2D eigenvalue weighted by molar-refractivity contribution is -0.129. The van der Waals surface area contributed by atoms with Gasteiger partial charge in [-0.1, -0.05) is 54.6 Å². The molecule has 0 fully saturated rings. The third-order valence-corrected chi connectivity index (χ3v) is 5.59. The number of benzene rings is 3. The van der Waals surface area contributed by atoms with E-state index in [1.807, 2.05) is 72.8 Å². The van der Waals surface area contributed by atoms with E-state index in [1.165, 1.54) is 0 Å². The van der Waals surface area contributed by atoms with Gasteiger partial charge in [0.15, 0.2) is 5.70 Å². The Bertz CT molecular complexity index is 1700. The minimum atomic E-state index is -0.576. The largest absolute Gasteiger partial charge is 0.422 e. The van der Waals surface area contributed by atoms with Gasteiger partial charge in [-0.25, -0.2) is 19.3 Å². The van der Waals surface area contributed by atoms with E-state index in [9.17, 15) is 9.59 Å². The van der Waals surface area contributed by atoms with Crippen molar-refractivity contribution in [3.05, 3.63) is 124 Å². The molecule has 2 aromatic heterocycles. The molecule has 1 aliphatic rings. The minimum absolute atomic E-state index is 0.114. The SMILES string of the molecule is O=C1OC(c2ccccc2)=NC1=Cc1cn(-c2ccccc2)nc1-c1cc2ccccc2oc1=O. The summed E-state index contributed by atoms with van der Waals surface area (Å²) < 4.78 is 12.6. The maximum absolute atomic E-state index is 12.9. The van der Waals surface area contributed by atoms with Crippen LogP contribution in [0.1, 0.15) is 11.1 Å². The molecule has 1 aliphatic heterocycles. The first kappa shape index (κ1) is 20.6. The minimum Gasteiger partial charge on any atom is -0.422 e. The van der Waals surface area contributed by atoms with Gasteiger partial charge in [-0.15, -0.1) is 0 Å². The van der Waals surface area contributed by atoms with Crippen molar-refractivity contribution in [2.75, 3.05) is 0 Å².